The molecule has 2 saturated heterocycles. The van der Waals surface area contributed by atoms with Gasteiger partial charge in [0.1, 0.15) is 35.7 Å². The number of carbonyl (C=O) groups excluding carboxylic acids is 5. The normalized spacial score (nSPS) is 25.4. The van der Waals surface area contributed by atoms with Gasteiger partial charge in [-0.15, -0.1) is 0 Å². The average molecular weight is 829 g/mol. The van der Waals surface area contributed by atoms with Gasteiger partial charge in [0.25, 0.3) is 0 Å². The van der Waals surface area contributed by atoms with Crippen LogP contribution >= 0.6 is 0 Å². The number of nitrogens with one attached hydrogen (secondary N) is 4. The first-order chi connectivity index (χ1) is 28.3. The molecule has 4 rings (SSSR count). The monoisotopic (exact) mass is 828 g/mol. The quantitative estimate of drug-likeness (QED) is 0.0318. The molecule has 3 aliphatic rings. The van der Waals surface area contributed by atoms with E-state index in [4.69, 9.17) is 28.4 Å². The van der Waals surface area contributed by atoms with E-state index in [0.29, 0.717) is 65.1 Å². The lowest BCUT2D eigenvalue weighted by atomic mass is 9.68. The zero-order chi connectivity index (χ0) is 42.8. The van der Waals surface area contributed by atoms with E-state index in [9.17, 15) is 24.0 Å². The van der Waals surface area contributed by atoms with Crippen molar-refractivity contribution in [2.24, 2.45) is 11.8 Å². The van der Waals surface area contributed by atoms with Crippen molar-refractivity contribution in [1.29, 1.82) is 0 Å². The average Bonchev–Trinajstić information content (AvgIpc) is 4.13. The molecule has 1 saturated carbocycles. The lowest BCUT2D eigenvalue weighted by Gasteiger charge is -2.42. The Hall–Kier alpha value is -3.73. The van der Waals surface area contributed by atoms with Crippen LogP contribution in [-0.4, -0.2) is 131 Å². The minimum Gasteiger partial charge on any atom is -0.460 e. The summed E-state index contributed by atoms with van der Waals surface area (Å²) in [5.74, 6) is -1.11. The highest BCUT2D eigenvalue weighted by Crippen LogP contribution is 2.59. The molecule has 0 aromatic heterocycles. The second kappa shape index (κ2) is 23.9. The van der Waals surface area contributed by atoms with E-state index in [1.54, 1.807) is 7.11 Å². The highest BCUT2D eigenvalue weighted by Gasteiger charge is 2.72. The number of benzene rings is 1. The SMILES string of the molecule is COC1C(OC(=O)CCCOCCOCCNC(=O)CCN[C@@H](CC(C)C)C(=O)N[C@@H](Cc2ccccc2)C(=O)NCC=O)CC[C@]2(CO2)C1C1(C)O[C@@H]1CC=C(C)C. The zero-order valence-corrected chi connectivity index (χ0v) is 35.9. The fourth-order valence-electron chi connectivity index (χ4n) is 8.00. The molecule has 1 aromatic carbocycles. The first-order valence-electron chi connectivity index (χ1n) is 21.2. The molecule has 15 nitrogen and oxygen atoms in total. The lowest BCUT2D eigenvalue weighted by Crippen LogP contribution is -2.55. The van der Waals surface area contributed by atoms with Crippen molar-refractivity contribution in [3.63, 3.8) is 0 Å². The van der Waals surface area contributed by atoms with Gasteiger partial charge < -0.3 is 54.5 Å². The predicted octanol–water partition coefficient (Wildman–Crippen LogP) is 2.97. The molecule has 0 radical (unpaired) electrons. The van der Waals surface area contributed by atoms with Crippen molar-refractivity contribution in [2.45, 2.75) is 128 Å². The lowest BCUT2D eigenvalue weighted by molar-refractivity contribution is -0.172. The van der Waals surface area contributed by atoms with Crippen LogP contribution < -0.4 is 21.3 Å². The number of carbonyl (C=O) groups is 5. The van der Waals surface area contributed by atoms with Crippen molar-refractivity contribution < 1.29 is 52.4 Å². The van der Waals surface area contributed by atoms with Crippen LogP contribution in [-0.2, 0) is 58.8 Å². The summed E-state index contributed by atoms with van der Waals surface area (Å²) in [6.45, 7) is 12.7. The van der Waals surface area contributed by atoms with Crippen LogP contribution in [0.2, 0.25) is 0 Å². The van der Waals surface area contributed by atoms with Crippen LogP contribution in [0.25, 0.3) is 0 Å². The van der Waals surface area contributed by atoms with Crippen molar-refractivity contribution in [1.82, 2.24) is 21.3 Å². The Morgan fingerprint density at radius 3 is 2.34 bits per heavy atom. The van der Waals surface area contributed by atoms with E-state index >= 15 is 0 Å². The van der Waals surface area contributed by atoms with Crippen LogP contribution in [0.5, 0.6) is 0 Å². The summed E-state index contributed by atoms with van der Waals surface area (Å²) in [7, 11) is 1.67. The van der Waals surface area contributed by atoms with Gasteiger partial charge in [-0.25, -0.2) is 0 Å². The van der Waals surface area contributed by atoms with Gasteiger partial charge in [-0.1, -0.05) is 55.8 Å². The molecule has 4 N–H and O–H groups in total. The van der Waals surface area contributed by atoms with Gasteiger partial charge in [-0.05, 0) is 64.4 Å². The summed E-state index contributed by atoms with van der Waals surface area (Å²) in [5.41, 5.74) is 1.46. The van der Waals surface area contributed by atoms with Crippen LogP contribution in [0, 0.1) is 11.8 Å². The second-order valence-corrected chi connectivity index (χ2v) is 16.6. The zero-order valence-electron chi connectivity index (χ0n) is 35.9. The number of rotatable bonds is 28. The summed E-state index contributed by atoms with van der Waals surface area (Å²) in [6, 6.07) is 7.82. The van der Waals surface area contributed by atoms with Crippen LogP contribution in [0.15, 0.2) is 42.0 Å². The van der Waals surface area contributed by atoms with E-state index in [2.05, 4.69) is 48.1 Å². The fraction of sp³-hybridized carbons (Fsp3) is 0.705. The molecule has 0 bridgehead atoms. The number of methoxy groups -OCH3 is 1. The molecule has 15 heteroatoms. The molecule has 3 amide bonds. The van der Waals surface area contributed by atoms with Crippen molar-refractivity contribution in [3.05, 3.63) is 47.5 Å². The molecule has 3 fully saturated rings. The maximum Gasteiger partial charge on any atom is 0.306 e. The van der Waals surface area contributed by atoms with Gasteiger partial charge in [0.05, 0.1) is 51.0 Å². The van der Waals surface area contributed by atoms with Gasteiger partial charge in [-0.3, -0.25) is 19.2 Å². The maximum absolute atomic E-state index is 13.3. The van der Waals surface area contributed by atoms with Crippen molar-refractivity contribution >= 4 is 30.0 Å². The van der Waals surface area contributed by atoms with Gasteiger partial charge in [0.15, 0.2) is 0 Å². The number of allylic oxidation sites excluding steroid dienone is 1. The van der Waals surface area contributed by atoms with Crippen LogP contribution in [0.1, 0.15) is 85.1 Å². The topological polar surface area (TPSA) is 195 Å². The first kappa shape index (κ1) is 47.9. The number of amides is 3. The van der Waals surface area contributed by atoms with Gasteiger partial charge >= 0.3 is 5.97 Å². The Balaban J connectivity index is 1.06. The number of esters is 1. The van der Waals surface area contributed by atoms with E-state index in [1.807, 2.05) is 44.2 Å². The molecule has 2 heterocycles. The molecule has 1 aromatic rings. The number of aldehydes is 1. The van der Waals surface area contributed by atoms with Crippen molar-refractivity contribution in [2.75, 3.05) is 59.8 Å². The standard InChI is InChI=1S/C44H68N4O11/c1-30(2)14-15-36-43(5,59-36)40-39(54-6)35(16-18-44(40)29-57-44)58-38(51)13-10-23-55-25-26-56-24-21-46-37(50)17-19-45-33(27-31(3)4)42(53)48-34(41(52)47-20-22-49)28-32-11-8-7-9-12-32/h7-9,11-12,14,22,31,33-36,39-40,45H,10,13,15-21,23-29H2,1-6H3,(H,46,50)(H,47,52)(H,48,53)/t33-,34-,35?,36+,39?,40?,43?,44-/m0/s1. The first-order valence-corrected chi connectivity index (χ1v) is 21.2. The third kappa shape index (κ3) is 15.4. The van der Waals surface area contributed by atoms with E-state index in [0.717, 1.165) is 18.4 Å². The maximum atomic E-state index is 13.3. The van der Waals surface area contributed by atoms with Crippen LogP contribution in [0.3, 0.4) is 0 Å². The third-order valence-electron chi connectivity index (χ3n) is 11.2. The highest BCUT2D eigenvalue weighted by atomic mass is 16.6. The summed E-state index contributed by atoms with van der Waals surface area (Å²) in [5, 5.41) is 11.4. The minimum absolute atomic E-state index is 0.0210. The van der Waals surface area contributed by atoms with E-state index < -0.39 is 18.0 Å². The minimum atomic E-state index is -0.868. The molecular formula is C44H68N4O11. The molecule has 8 atom stereocenters. The number of hydrogen-bond donors (Lipinski definition) is 4. The summed E-state index contributed by atoms with van der Waals surface area (Å²) in [4.78, 5) is 62.3. The van der Waals surface area contributed by atoms with Gasteiger partial charge in [-0.2, -0.15) is 0 Å². The smallest absolute Gasteiger partial charge is 0.306 e. The second-order valence-electron chi connectivity index (χ2n) is 16.6. The molecular weight excluding hydrogens is 761 g/mol. The Morgan fingerprint density at radius 1 is 0.949 bits per heavy atom. The summed E-state index contributed by atoms with van der Waals surface area (Å²) < 4.78 is 35.4. The van der Waals surface area contributed by atoms with E-state index in [1.165, 1.54) is 5.57 Å². The Labute approximate surface area is 349 Å². The molecule has 1 aliphatic carbocycles. The fourth-order valence-corrected chi connectivity index (χ4v) is 8.00. The predicted molar refractivity (Wildman–Crippen MR) is 220 cm³/mol. The molecule has 1 spiro atoms. The van der Waals surface area contributed by atoms with Crippen molar-refractivity contribution in [3.8, 4) is 0 Å². The molecule has 4 unspecified atom stereocenters. The molecule has 59 heavy (non-hydrogen) atoms. The highest BCUT2D eigenvalue weighted by molar-refractivity contribution is 5.90. The summed E-state index contributed by atoms with van der Waals surface area (Å²) in [6.07, 6.45) is 6.19. The third-order valence-corrected chi connectivity index (χ3v) is 11.2. The Morgan fingerprint density at radius 2 is 1.68 bits per heavy atom. The summed E-state index contributed by atoms with van der Waals surface area (Å²) >= 11 is 0. The Kier molecular flexibility index (Phi) is 19.4. The Bertz CT molecular complexity index is 1530. The number of hydrogen-bond acceptors (Lipinski definition) is 12. The number of epoxide rings is 2. The molecule has 2 aliphatic heterocycles. The largest absolute Gasteiger partial charge is 0.460 e. The molecule has 330 valence electrons. The van der Waals surface area contributed by atoms with Gasteiger partial charge in [0, 0.05) is 46.1 Å². The van der Waals surface area contributed by atoms with E-state index in [-0.39, 0.29) is 91.5 Å². The van der Waals surface area contributed by atoms with Gasteiger partial charge in [0.2, 0.25) is 17.7 Å². The number of ether oxygens (including phenoxy) is 6. The van der Waals surface area contributed by atoms with Crippen LogP contribution in [0.4, 0.5) is 0 Å².